The Labute approximate surface area is 124 Å². The van der Waals surface area contributed by atoms with Crippen molar-refractivity contribution < 1.29 is 13.9 Å². The average Bonchev–Trinajstić information content (AvgIpc) is 2.86. The van der Waals surface area contributed by atoms with Crippen LogP contribution >= 0.6 is 11.3 Å². The molecule has 106 valence electrons. The van der Waals surface area contributed by atoms with Gasteiger partial charge in [0.2, 0.25) is 0 Å². The summed E-state index contributed by atoms with van der Waals surface area (Å²) in [6.45, 7) is 0.0502. The van der Waals surface area contributed by atoms with Crippen LogP contribution < -0.4 is 5.73 Å². The lowest BCUT2D eigenvalue weighted by atomic mass is 10.2. The highest BCUT2D eigenvalue weighted by Crippen LogP contribution is 2.22. The number of benzene rings is 2. The summed E-state index contributed by atoms with van der Waals surface area (Å²) in [5.41, 5.74) is 6.64. The minimum atomic E-state index is -0.625. The Morgan fingerprint density at radius 3 is 2.86 bits per heavy atom. The maximum Gasteiger partial charge on any atom is 0.338 e. The van der Waals surface area contributed by atoms with E-state index in [0.29, 0.717) is 5.01 Å². The van der Waals surface area contributed by atoms with Crippen molar-refractivity contribution in [2.24, 2.45) is 0 Å². The molecule has 0 aliphatic rings. The summed E-state index contributed by atoms with van der Waals surface area (Å²) < 4.78 is 19.4. The topological polar surface area (TPSA) is 65.2 Å². The van der Waals surface area contributed by atoms with Gasteiger partial charge in [0.05, 0.1) is 15.8 Å². The monoisotopic (exact) mass is 302 g/mol. The molecule has 2 N–H and O–H groups in total. The number of aromatic nitrogens is 1. The zero-order chi connectivity index (χ0) is 14.8. The van der Waals surface area contributed by atoms with Crippen LogP contribution in [0.25, 0.3) is 10.2 Å². The molecular formula is C15H11FN2O2S. The molecule has 0 saturated heterocycles. The molecule has 1 heterocycles. The Morgan fingerprint density at radius 2 is 2.10 bits per heavy atom. The van der Waals surface area contributed by atoms with Crippen LogP contribution in [0.2, 0.25) is 0 Å². The summed E-state index contributed by atoms with van der Waals surface area (Å²) in [6.07, 6.45) is 0. The molecule has 3 rings (SSSR count). The van der Waals surface area contributed by atoms with E-state index in [1.165, 1.54) is 17.4 Å². The highest BCUT2D eigenvalue weighted by Gasteiger charge is 2.11. The number of thiazole rings is 1. The van der Waals surface area contributed by atoms with Crippen LogP contribution in [0.3, 0.4) is 0 Å². The first-order valence-electron chi connectivity index (χ1n) is 6.19. The van der Waals surface area contributed by atoms with Gasteiger partial charge >= 0.3 is 5.97 Å². The number of carbonyl (C=O) groups is 1. The number of nitrogen functional groups attached to an aromatic ring is 1. The van der Waals surface area contributed by atoms with Crippen molar-refractivity contribution in [1.82, 2.24) is 4.98 Å². The van der Waals surface area contributed by atoms with E-state index in [0.717, 1.165) is 22.3 Å². The molecule has 21 heavy (non-hydrogen) atoms. The SMILES string of the molecule is Nc1cc(F)cc(C(=O)OCc2nc3ccccc3s2)c1. The summed E-state index contributed by atoms with van der Waals surface area (Å²) in [5.74, 6) is -1.19. The quantitative estimate of drug-likeness (QED) is 0.595. The Balaban J connectivity index is 1.73. The first-order valence-corrected chi connectivity index (χ1v) is 7.01. The van der Waals surface area contributed by atoms with E-state index < -0.39 is 11.8 Å². The highest BCUT2D eigenvalue weighted by atomic mass is 32.1. The van der Waals surface area contributed by atoms with Gasteiger partial charge in [0.15, 0.2) is 0 Å². The Morgan fingerprint density at radius 1 is 1.29 bits per heavy atom. The van der Waals surface area contributed by atoms with Crippen LogP contribution in [0.1, 0.15) is 15.4 Å². The van der Waals surface area contributed by atoms with Crippen LogP contribution in [0.15, 0.2) is 42.5 Å². The number of nitrogens with two attached hydrogens (primary N) is 1. The number of halogens is 1. The predicted octanol–water partition coefficient (Wildman–Crippen LogP) is 3.37. The molecule has 0 saturated carbocycles. The Hall–Kier alpha value is -2.47. The van der Waals surface area contributed by atoms with E-state index in [2.05, 4.69) is 4.98 Å². The zero-order valence-electron chi connectivity index (χ0n) is 10.9. The standard InChI is InChI=1S/C15H11FN2O2S/c16-10-5-9(6-11(17)7-10)15(19)20-8-14-18-12-3-1-2-4-13(12)21-14/h1-7H,8,17H2. The summed E-state index contributed by atoms with van der Waals surface area (Å²) in [5, 5.41) is 0.689. The number of esters is 1. The molecule has 1 aromatic heterocycles. The van der Waals surface area contributed by atoms with Gasteiger partial charge in [-0.3, -0.25) is 0 Å². The molecule has 3 aromatic rings. The second kappa shape index (κ2) is 5.49. The minimum Gasteiger partial charge on any atom is -0.455 e. The molecule has 4 nitrogen and oxygen atoms in total. The molecule has 2 aromatic carbocycles. The van der Waals surface area contributed by atoms with Crippen molar-refractivity contribution in [3.63, 3.8) is 0 Å². The molecule has 0 radical (unpaired) electrons. The molecule has 0 spiro atoms. The largest absolute Gasteiger partial charge is 0.455 e. The number of hydrogen-bond acceptors (Lipinski definition) is 5. The average molecular weight is 302 g/mol. The molecule has 0 fully saturated rings. The third kappa shape index (κ3) is 3.00. The van der Waals surface area contributed by atoms with E-state index in [9.17, 15) is 9.18 Å². The summed E-state index contributed by atoms with van der Waals surface area (Å²) >= 11 is 1.45. The number of fused-ring (bicyclic) bond motifs is 1. The Kier molecular flexibility index (Phi) is 3.53. The third-order valence-corrected chi connectivity index (χ3v) is 3.83. The second-order valence-electron chi connectivity index (χ2n) is 4.42. The summed E-state index contributed by atoms with van der Waals surface area (Å²) in [4.78, 5) is 16.2. The second-order valence-corrected chi connectivity index (χ2v) is 5.54. The van der Waals surface area contributed by atoms with Crippen molar-refractivity contribution in [2.45, 2.75) is 6.61 Å². The maximum absolute atomic E-state index is 13.2. The fourth-order valence-electron chi connectivity index (χ4n) is 1.92. The van der Waals surface area contributed by atoms with Crippen molar-refractivity contribution in [1.29, 1.82) is 0 Å². The minimum absolute atomic E-state index is 0.0502. The molecule has 0 atom stereocenters. The van der Waals surface area contributed by atoms with Gasteiger partial charge in [-0.2, -0.15) is 0 Å². The lowest BCUT2D eigenvalue weighted by Crippen LogP contribution is -2.06. The van der Waals surface area contributed by atoms with E-state index in [1.54, 1.807) is 0 Å². The molecule has 0 bridgehead atoms. The lowest BCUT2D eigenvalue weighted by Gasteiger charge is -2.04. The highest BCUT2D eigenvalue weighted by molar-refractivity contribution is 7.18. The van der Waals surface area contributed by atoms with Crippen LogP contribution in [0, 0.1) is 5.82 Å². The van der Waals surface area contributed by atoms with Crippen molar-refractivity contribution in [3.8, 4) is 0 Å². The molecule has 6 heteroatoms. The smallest absolute Gasteiger partial charge is 0.338 e. The van der Waals surface area contributed by atoms with Gasteiger partial charge in [-0.05, 0) is 30.3 Å². The van der Waals surface area contributed by atoms with Gasteiger partial charge in [0, 0.05) is 5.69 Å². The molecule has 0 aliphatic heterocycles. The normalized spacial score (nSPS) is 10.7. The van der Waals surface area contributed by atoms with E-state index in [4.69, 9.17) is 10.5 Å². The summed E-state index contributed by atoms with van der Waals surface area (Å²) in [6, 6.07) is 11.3. The van der Waals surface area contributed by atoms with Crippen LogP contribution in [-0.4, -0.2) is 11.0 Å². The number of para-hydroxylation sites is 1. The fraction of sp³-hybridized carbons (Fsp3) is 0.0667. The molecule has 0 aliphatic carbocycles. The van der Waals surface area contributed by atoms with Crippen LogP contribution in [-0.2, 0) is 11.3 Å². The summed E-state index contributed by atoms with van der Waals surface area (Å²) in [7, 11) is 0. The number of nitrogens with zero attached hydrogens (tertiary/aromatic N) is 1. The first-order chi connectivity index (χ1) is 10.1. The first kappa shape index (κ1) is 13.5. The maximum atomic E-state index is 13.2. The zero-order valence-corrected chi connectivity index (χ0v) is 11.7. The van der Waals surface area contributed by atoms with Gasteiger partial charge in [-0.25, -0.2) is 14.2 Å². The third-order valence-electron chi connectivity index (χ3n) is 2.82. The Bertz CT molecular complexity index is 763. The molecular weight excluding hydrogens is 291 g/mol. The molecule has 0 unspecified atom stereocenters. The van der Waals surface area contributed by atoms with Gasteiger partial charge in [-0.1, -0.05) is 12.1 Å². The number of rotatable bonds is 3. The number of ether oxygens (including phenoxy) is 1. The number of anilines is 1. The number of hydrogen-bond donors (Lipinski definition) is 1. The van der Waals surface area contributed by atoms with Crippen molar-refractivity contribution in [2.75, 3.05) is 5.73 Å². The van der Waals surface area contributed by atoms with E-state index in [-0.39, 0.29) is 17.9 Å². The predicted molar refractivity (Wildman–Crippen MR) is 79.6 cm³/mol. The van der Waals surface area contributed by atoms with Gasteiger partial charge < -0.3 is 10.5 Å². The van der Waals surface area contributed by atoms with Crippen molar-refractivity contribution in [3.05, 3.63) is 58.9 Å². The van der Waals surface area contributed by atoms with Gasteiger partial charge in [0.1, 0.15) is 17.4 Å². The van der Waals surface area contributed by atoms with E-state index in [1.807, 2.05) is 24.3 Å². The van der Waals surface area contributed by atoms with Crippen LogP contribution in [0.5, 0.6) is 0 Å². The van der Waals surface area contributed by atoms with Gasteiger partial charge in [-0.15, -0.1) is 11.3 Å². The van der Waals surface area contributed by atoms with Gasteiger partial charge in [0.25, 0.3) is 0 Å². The number of carbonyl (C=O) groups excluding carboxylic acids is 1. The van der Waals surface area contributed by atoms with Crippen LogP contribution in [0.4, 0.5) is 10.1 Å². The van der Waals surface area contributed by atoms with E-state index >= 15 is 0 Å². The van der Waals surface area contributed by atoms with Crippen molar-refractivity contribution >= 4 is 33.2 Å². The molecule has 0 amide bonds. The fourth-order valence-corrected chi connectivity index (χ4v) is 2.80. The lowest BCUT2D eigenvalue weighted by molar-refractivity contribution is 0.0472.